The van der Waals surface area contributed by atoms with Crippen LogP contribution in [0.15, 0.2) is 10.2 Å². The van der Waals surface area contributed by atoms with E-state index in [2.05, 4.69) is 30.9 Å². The van der Waals surface area contributed by atoms with Gasteiger partial charge in [-0.1, -0.05) is 0 Å². The van der Waals surface area contributed by atoms with Gasteiger partial charge in [0.1, 0.15) is 16.7 Å². The van der Waals surface area contributed by atoms with E-state index in [0.29, 0.717) is 17.7 Å². The molecule has 0 aromatic carbocycles. The van der Waals surface area contributed by atoms with E-state index in [-0.39, 0.29) is 0 Å². The molecule has 100 valence electrons. The zero-order chi connectivity index (χ0) is 13.4. The number of hydrogen-bond acceptors (Lipinski definition) is 8. The molecule has 1 aliphatic carbocycles. The maximum Gasteiger partial charge on any atom is 0.215 e. The Morgan fingerprint density at radius 1 is 1.32 bits per heavy atom. The second kappa shape index (κ2) is 4.74. The van der Waals surface area contributed by atoms with Gasteiger partial charge in [0.2, 0.25) is 5.16 Å². The Labute approximate surface area is 114 Å². The van der Waals surface area contributed by atoms with Gasteiger partial charge in [0, 0.05) is 5.56 Å². The van der Waals surface area contributed by atoms with Crippen molar-refractivity contribution in [1.29, 1.82) is 0 Å². The molecule has 0 aliphatic heterocycles. The zero-order valence-electron chi connectivity index (χ0n) is 10.7. The molecule has 0 amide bonds. The Balaban J connectivity index is 1.94. The van der Waals surface area contributed by atoms with Gasteiger partial charge in [-0.3, -0.25) is 0 Å². The van der Waals surface area contributed by atoms with Gasteiger partial charge < -0.3 is 5.43 Å². The van der Waals surface area contributed by atoms with Crippen LogP contribution >= 0.6 is 11.8 Å². The number of nitrogens with two attached hydrogens (primary N) is 1. The number of hydrogen-bond donors (Lipinski definition) is 2. The molecule has 1 fully saturated rings. The summed E-state index contributed by atoms with van der Waals surface area (Å²) in [5.41, 5.74) is 3.47. The molecule has 0 saturated heterocycles. The van der Waals surface area contributed by atoms with Crippen LogP contribution in [-0.2, 0) is 0 Å². The van der Waals surface area contributed by atoms with Crippen molar-refractivity contribution in [2.75, 3.05) is 5.43 Å². The Morgan fingerprint density at radius 3 is 2.79 bits per heavy atom. The summed E-state index contributed by atoms with van der Waals surface area (Å²) < 4.78 is 1.86. The molecule has 0 unspecified atom stereocenters. The Kier molecular flexibility index (Phi) is 3.07. The number of aromatic nitrogens is 6. The van der Waals surface area contributed by atoms with Crippen LogP contribution in [0.1, 0.15) is 30.3 Å². The number of nitrogens with zero attached hydrogens (tertiary/aromatic N) is 6. The number of nitrogens with one attached hydrogen (secondary N) is 1. The van der Waals surface area contributed by atoms with E-state index in [9.17, 15) is 0 Å². The molecular formula is C10H14N8S. The van der Waals surface area contributed by atoms with Gasteiger partial charge in [-0.15, -0.1) is 5.10 Å². The van der Waals surface area contributed by atoms with Crippen LogP contribution in [0.25, 0.3) is 0 Å². The normalized spacial score (nSPS) is 14.7. The highest BCUT2D eigenvalue weighted by atomic mass is 32.2. The Hall–Kier alpha value is -1.74. The lowest BCUT2D eigenvalue weighted by Gasteiger charge is -2.09. The second-order valence-corrected chi connectivity index (χ2v) is 5.39. The van der Waals surface area contributed by atoms with E-state index < -0.39 is 0 Å². The van der Waals surface area contributed by atoms with Crippen LogP contribution in [0.4, 0.5) is 5.82 Å². The maximum absolute atomic E-state index is 5.45. The third-order valence-corrected chi connectivity index (χ3v) is 3.94. The van der Waals surface area contributed by atoms with Gasteiger partial charge in [0.05, 0.1) is 6.04 Å². The van der Waals surface area contributed by atoms with Gasteiger partial charge in [0.15, 0.2) is 0 Å². The van der Waals surface area contributed by atoms with Crippen LogP contribution in [0.3, 0.4) is 0 Å². The number of rotatable bonds is 4. The van der Waals surface area contributed by atoms with Gasteiger partial charge >= 0.3 is 0 Å². The highest BCUT2D eigenvalue weighted by Gasteiger charge is 2.28. The first kappa shape index (κ1) is 12.3. The number of nitrogen functional groups attached to an aromatic ring is 1. The molecule has 0 radical (unpaired) electrons. The number of tetrazole rings is 1. The average molecular weight is 278 g/mol. The van der Waals surface area contributed by atoms with Crippen molar-refractivity contribution in [1.82, 2.24) is 30.2 Å². The van der Waals surface area contributed by atoms with E-state index in [4.69, 9.17) is 5.84 Å². The first-order valence-electron chi connectivity index (χ1n) is 5.96. The molecule has 0 spiro atoms. The zero-order valence-corrected chi connectivity index (χ0v) is 11.5. The van der Waals surface area contributed by atoms with Crippen molar-refractivity contribution in [2.45, 2.75) is 42.9 Å². The quantitative estimate of drug-likeness (QED) is 0.481. The highest BCUT2D eigenvalue weighted by molar-refractivity contribution is 7.99. The molecule has 3 N–H and O–H groups in total. The van der Waals surface area contributed by atoms with Crippen molar-refractivity contribution < 1.29 is 0 Å². The smallest absolute Gasteiger partial charge is 0.215 e. The van der Waals surface area contributed by atoms with Crippen molar-refractivity contribution in [3.05, 3.63) is 11.4 Å². The summed E-state index contributed by atoms with van der Waals surface area (Å²) in [6.45, 7) is 3.75. The molecule has 2 aromatic heterocycles. The van der Waals surface area contributed by atoms with E-state index in [0.717, 1.165) is 28.6 Å². The van der Waals surface area contributed by atoms with Gasteiger partial charge in [-0.25, -0.2) is 20.5 Å². The minimum Gasteiger partial charge on any atom is -0.308 e. The van der Waals surface area contributed by atoms with Crippen LogP contribution in [0.2, 0.25) is 0 Å². The average Bonchev–Trinajstić information content (AvgIpc) is 3.14. The van der Waals surface area contributed by atoms with Crippen LogP contribution in [-0.4, -0.2) is 30.2 Å². The third kappa shape index (κ3) is 2.38. The molecule has 8 nitrogen and oxygen atoms in total. The summed E-state index contributed by atoms with van der Waals surface area (Å²) in [6.07, 6.45) is 2.27. The monoisotopic (exact) mass is 278 g/mol. The maximum atomic E-state index is 5.45. The minimum absolute atomic E-state index is 0.438. The summed E-state index contributed by atoms with van der Waals surface area (Å²) in [7, 11) is 0. The lowest BCUT2D eigenvalue weighted by atomic mass is 10.3. The summed E-state index contributed by atoms with van der Waals surface area (Å²) in [6, 6.07) is 0.438. The topological polar surface area (TPSA) is 107 Å². The summed E-state index contributed by atoms with van der Waals surface area (Å²) >= 11 is 1.44. The second-order valence-electron chi connectivity index (χ2n) is 4.43. The molecule has 2 aromatic rings. The van der Waals surface area contributed by atoms with E-state index in [1.165, 1.54) is 11.8 Å². The van der Waals surface area contributed by atoms with Gasteiger partial charge in [0.25, 0.3) is 0 Å². The highest BCUT2D eigenvalue weighted by Crippen LogP contribution is 2.38. The molecule has 0 bridgehead atoms. The molecule has 0 atom stereocenters. The minimum atomic E-state index is 0.438. The molecule has 1 aliphatic rings. The molecule has 19 heavy (non-hydrogen) atoms. The lowest BCUT2D eigenvalue weighted by molar-refractivity contribution is 0.565. The molecule has 3 rings (SSSR count). The van der Waals surface area contributed by atoms with Gasteiger partial charge in [-0.2, -0.15) is 0 Å². The lowest BCUT2D eigenvalue weighted by Crippen LogP contribution is -2.12. The fraction of sp³-hybridized carbons (Fsp3) is 0.500. The van der Waals surface area contributed by atoms with Crippen molar-refractivity contribution in [3.8, 4) is 0 Å². The first-order chi connectivity index (χ1) is 9.19. The van der Waals surface area contributed by atoms with E-state index in [1.807, 2.05) is 18.5 Å². The van der Waals surface area contributed by atoms with Crippen LogP contribution in [0.5, 0.6) is 0 Å². The van der Waals surface area contributed by atoms with Crippen molar-refractivity contribution in [3.63, 3.8) is 0 Å². The van der Waals surface area contributed by atoms with Gasteiger partial charge in [-0.05, 0) is 48.9 Å². The molecule has 1 saturated carbocycles. The van der Waals surface area contributed by atoms with Crippen molar-refractivity contribution >= 4 is 17.6 Å². The molecule has 9 heteroatoms. The van der Waals surface area contributed by atoms with Crippen LogP contribution in [0, 0.1) is 13.8 Å². The van der Waals surface area contributed by atoms with E-state index >= 15 is 0 Å². The molecular weight excluding hydrogens is 264 g/mol. The first-order valence-corrected chi connectivity index (χ1v) is 6.78. The fourth-order valence-corrected chi connectivity index (χ4v) is 2.69. The molecule has 2 heterocycles. The Bertz CT molecular complexity index is 606. The predicted molar refractivity (Wildman–Crippen MR) is 69.5 cm³/mol. The van der Waals surface area contributed by atoms with Crippen molar-refractivity contribution in [2.24, 2.45) is 5.84 Å². The largest absolute Gasteiger partial charge is 0.308 e. The summed E-state index contributed by atoms with van der Waals surface area (Å²) in [5.74, 6) is 6.74. The number of anilines is 1. The number of aryl methyl sites for hydroxylation is 1. The standard InChI is InChI=1S/C10H14N8S/c1-5-8(14-11)12-6(2)13-9(5)19-10-15-16-17-18(10)7-3-4-7/h7H,3-4,11H2,1-2H3,(H,12,13,14). The fourth-order valence-electron chi connectivity index (χ4n) is 1.73. The van der Waals surface area contributed by atoms with E-state index in [1.54, 1.807) is 0 Å². The number of hydrazine groups is 1. The van der Waals surface area contributed by atoms with Crippen LogP contribution < -0.4 is 11.3 Å². The summed E-state index contributed by atoms with van der Waals surface area (Å²) in [4.78, 5) is 8.66. The summed E-state index contributed by atoms with van der Waals surface area (Å²) in [5, 5.41) is 13.4. The SMILES string of the molecule is Cc1nc(NN)c(C)c(Sc2nnnn2C2CC2)n1. The predicted octanol–water partition coefficient (Wildman–Crippen LogP) is 0.852. The third-order valence-electron chi connectivity index (χ3n) is 2.89. The Morgan fingerprint density at radius 2 is 2.11 bits per heavy atom.